The number of nitrogens with zero attached hydrogens (tertiary/aromatic N) is 2. The van der Waals surface area contributed by atoms with Gasteiger partial charge in [0.15, 0.2) is 18.3 Å². The summed E-state index contributed by atoms with van der Waals surface area (Å²) < 4.78 is 12.7. The van der Waals surface area contributed by atoms with E-state index in [2.05, 4.69) is 28.8 Å². The quantitative estimate of drug-likeness (QED) is 0.831. The highest BCUT2D eigenvalue weighted by atomic mass is 16.5. The molecule has 6 atom stereocenters. The Labute approximate surface area is 165 Å². The van der Waals surface area contributed by atoms with Crippen molar-refractivity contribution in [2.75, 3.05) is 0 Å². The maximum Gasteiger partial charge on any atom is 0.173 e. The fourth-order valence-corrected chi connectivity index (χ4v) is 5.43. The highest BCUT2D eigenvalue weighted by Crippen LogP contribution is 2.37. The van der Waals surface area contributed by atoms with Gasteiger partial charge in [0.25, 0.3) is 0 Å². The molecule has 6 unspecified atom stereocenters. The molecule has 2 N–H and O–H groups in total. The number of ether oxygens (including phenoxy) is 2. The van der Waals surface area contributed by atoms with Crippen molar-refractivity contribution in [3.63, 3.8) is 0 Å². The van der Waals surface area contributed by atoms with E-state index in [4.69, 9.17) is 19.4 Å². The number of hydrogen-bond acceptors (Lipinski definition) is 6. The topological polar surface area (TPSA) is 68.3 Å². The molecule has 6 rings (SSSR count). The average molecular weight is 380 g/mol. The molecule has 2 aromatic rings. The molecule has 6 nitrogen and oxygen atoms in total. The zero-order valence-corrected chi connectivity index (χ0v) is 16.1. The normalized spacial score (nSPS) is 37.7. The summed E-state index contributed by atoms with van der Waals surface area (Å²) in [5, 5.41) is 8.40. The zero-order valence-electron chi connectivity index (χ0n) is 16.1. The van der Waals surface area contributed by atoms with E-state index in [-0.39, 0.29) is 12.5 Å². The average Bonchev–Trinajstić information content (AvgIpc) is 3.37. The predicted octanol–water partition coefficient (Wildman–Crippen LogP) is 3.49. The van der Waals surface area contributed by atoms with Crippen molar-refractivity contribution in [3.05, 3.63) is 35.8 Å². The molecule has 0 bridgehead atoms. The van der Waals surface area contributed by atoms with Crippen LogP contribution in [0.4, 0.5) is 0 Å². The van der Waals surface area contributed by atoms with Crippen molar-refractivity contribution in [2.24, 2.45) is 0 Å². The van der Waals surface area contributed by atoms with Gasteiger partial charge in [-0.3, -0.25) is 10.6 Å². The van der Waals surface area contributed by atoms with Crippen LogP contribution in [0.3, 0.4) is 0 Å². The predicted molar refractivity (Wildman–Crippen MR) is 106 cm³/mol. The molecular formula is C22H28N4O2. The van der Waals surface area contributed by atoms with Gasteiger partial charge in [-0.2, -0.15) is 0 Å². The SMILES string of the molecule is c1ccc2c(C3NC4CCCCC4O3)nc(C3NC4CCCCC4O3)nc2c1. The van der Waals surface area contributed by atoms with Gasteiger partial charge < -0.3 is 9.47 Å². The Balaban J connectivity index is 1.36. The molecule has 2 saturated carbocycles. The standard InChI is InChI=1S/C22H28N4O2/c1-2-8-14-13(7-1)19(21-24-15-9-3-5-11-17(15)27-21)26-20(23-14)22-25-16-10-4-6-12-18(16)28-22/h1-2,7-8,15-18,21-22,24-25H,3-6,9-12H2. The number of para-hydroxylation sites is 1. The van der Waals surface area contributed by atoms with E-state index in [1.165, 1.54) is 38.5 Å². The van der Waals surface area contributed by atoms with E-state index in [1.807, 2.05) is 6.07 Å². The summed E-state index contributed by atoms with van der Waals surface area (Å²) in [6, 6.07) is 9.13. The number of fused-ring (bicyclic) bond motifs is 3. The van der Waals surface area contributed by atoms with Gasteiger partial charge in [0, 0.05) is 17.5 Å². The van der Waals surface area contributed by atoms with Crippen LogP contribution in [0.15, 0.2) is 24.3 Å². The highest BCUT2D eigenvalue weighted by molar-refractivity contribution is 5.81. The Kier molecular flexibility index (Phi) is 4.33. The number of benzene rings is 1. The first-order chi connectivity index (χ1) is 13.8. The Morgan fingerprint density at radius 1 is 0.750 bits per heavy atom. The number of rotatable bonds is 2. The fraction of sp³-hybridized carbons (Fsp3) is 0.636. The Morgan fingerprint density at radius 3 is 2.14 bits per heavy atom. The van der Waals surface area contributed by atoms with Crippen molar-refractivity contribution >= 4 is 10.9 Å². The van der Waals surface area contributed by atoms with Crippen LogP contribution in [0.25, 0.3) is 10.9 Å². The number of nitrogens with one attached hydrogen (secondary N) is 2. The van der Waals surface area contributed by atoms with E-state index in [9.17, 15) is 0 Å². The van der Waals surface area contributed by atoms with Gasteiger partial charge in [-0.1, -0.05) is 43.9 Å². The lowest BCUT2D eigenvalue weighted by Crippen LogP contribution is -2.34. The number of aromatic nitrogens is 2. The lowest BCUT2D eigenvalue weighted by atomic mass is 9.93. The van der Waals surface area contributed by atoms with Crippen molar-refractivity contribution < 1.29 is 9.47 Å². The van der Waals surface area contributed by atoms with Crippen LogP contribution in [0.2, 0.25) is 0 Å². The minimum absolute atomic E-state index is 0.163. The Hall–Kier alpha value is -1.60. The second kappa shape index (κ2) is 7.02. The minimum atomic E-state index is -0.222. The van der Waals surface area contributed by atoms with Crippen LogP contribution in [0.5, 0.6) is 0 Å². The van der Waals surface area contributed by atoms with Crippen LogP contribution in [0.1, 0.15) is 75.3 Å². The monoisotopic (exact) mass is 380 g/mol. The van der Waals surface area contributed by atoms with E-state index >= 15 is 0 Å². The molecule has 148 valence electrons. The van der Waals surface area contributed by atoms with Crippen LogP contribution in [-0.2, 0) is 9.47 Å². The molecule has 4 fully saturated rings. The van der Waals surface area contributed by atoms with E-state index in [0.717, 1.165) is 35.3 Å². The van der Waals surface area contributed by atoms with Crippen molar-refractivity contribution in [2.45, 2.75) is 88.1 Å². The molecule has 1 aromatic carbocycles. The van der Waals surface area contributed by atoms with Crippen LogP contribution in [0, 0.1) is 0 Å². The summed E-state index contributed by atoms with van der Waals surface area (Å²) in [4.78, 5) is 9.85. The second-order valence-corrected chi connectivity index (χ2v) is 8.71. The van der Waals surface area contributed by atoms with Crippen LogP contribution in [-0.4, -0.2) is 34.3 Å². The summed E-state index contributed by atoms with van der Waals surface area (Å²) in [6.45, 7) is 0. The molecule has 4 aliphatic rings. The molecule has 2 aliphatic heterocycles. The van der Waals surface area contributed by atoms with Crippen molar-refractivity contribution in [1.29, 1.82) is 0 Å². The largest absolute Gasteiger partial charge is 0.353 e. The molecule has 0 spiro atoms. The maximum absolute atomic E-state index is 6.41. The van der Waals surface area contributed by atoms with Gasteiger partial charge in [-0.05, 0) is 31.7 Å². The van der Waals surface area contributed by atoms with E-state index in [0.29, 0.717) is 24.3 Å². The summed E-state index contributed by atoms with van der Waals surface area (Å²) >= 11 is 0. The third kappa shape index (κ3) is 2.94. The van der Waals surface area contributed by atoms with Gasteiger partial charge in [-0.25, -0.2) is 9.97 Å². The first-order valence-electron chi connectivity index (χ1n) is 10.9. The maximum atomic E-state index is 6.41. The Bertz CT molecular complexity index is 847. The summed E-state index contributed by atoms with van der Waals surface area (Å²) in [5.41, 5.74) is 1.92. The van der Waals surface area contributed by atoms with Crippen LogP contribution >= 0.6 is 0 Å². The molecule has 6 heteroatoms. The third-order valence-corrected chi connectivity index (χ3v) is 6.89. The number of hydrogen-bond donors (Lipinski definition) is 2. The van der Waals surface area contributed by atoms with Gasteiger partial charge in [0.1, 0.15) is 0 Å². The minimum Gasteiger partial charge on any atom is -0.353 e. The van der Waals surface area contributed by atoms with Crippen LogP contribution < -0.4 is 10.6 Å². The van der Waals surface area contributed by atoms with Gasteiger partial charge >= 0.3 is 0 Å². The first kappa shape index (κ1) is 17.3. The molecular weight excluding hydrogens is 352 g/mol. The molecule has 2 aliphatic carbocycles. The summed E-state index contributed by atoms with van der Waals surface area (Å²) in [6.07, 6.45) is 9.91. The lowest BCUT2D eigenvalue weighted by Gasteiger charge is -2.22. The zero-order chi connectivity index (χ0) is 18.5. The second-order valence-electron chi connectivity index (χ2n) is 8.71. The molecule has 2 saturated heterocycles. The van der Waals surface area contributed by atoms with Gasteiger partial charge in [-0.15, -0.1) is 0 Å². The Morgan fingerprint density at radius 2 is 1.39 bits per heavy atom. The molecule has 0 amide bonds. The van der Waals surface area contributed by atoms with Crippen molar-refractivity contribution in [3.8, 4) is 0 Å². The molecule has 3 heterocycles. The summed E-state index contributed by atoms with van der Waals surface area (Å²) in [5.74, 6) is 0.739. The summed E-state index contributed by atoms with van der Waals surface area (Å²) in [7, 11) is 0. The van der Waals surface area contributed by atoms with E-state index in [1.54, 1.807) is 0 Å². The molecule has 28 heavy (non-hydrogen) atoms. The van der Waals surface area contributed by atoms with Crippen molar-refractivity contribution in [1.82, 2.24) is 20.6 Å². The third-order valence-electron chi connectivity index (χ3n) is 6.89. The lowest BCUT2D eigenvalue weighted by molar-refractivity contribution is 0.0161. The van der Waals surface area contributed by atoms with Gasteiger partial charge in [0.05, 0.1) is 23.4 Å². The first-order valence-corrected chi connectivity index (χ1v) is 10.9. The molecule has 1 aromatic heterocycles. The highest BCUT2D eigenvalue weighted by Gasteiger charge is 2.40. The van der Waals surface area contributed by atoms with E-state index < -0.39 is 0 Å². The van der Waals surface area contributed by atoms with Gasteiger partial charge in [0.2, 0.25) is 0 Å². The fourth-order valence-electron chi connectivity index (χ4n) is 5.43. The smallest absolute Gasteiger partial charge is 0.173 e. The molecule has 0 radical (unpaired) electrons.